The molecule has 0 bridgehead atoms. The van der Waals surface area contributed by atoms with Crippen LogP contribution in [-0.2, 0) is 16.0 Å². The third kappa shape index (κ3) is 7.78. The number of fused-ring (bicyclic) bond motifs is 1. The van der Waals surface area contributed by atoms with Crippen molar-refractivity contribution < 1.29 is 29.3 Å². The van der Waals surface area contributed by atoms with E-state index >= 15 is 0 Å². The van der Waals surface area contributed by atoms with Crippen LogP contribution in [0.1, 0.15) is 64.9 Å². The highest BCUT2D eigenvalue weighted by molar-refractivity contribution is 5.95. The van der Waals surface area contributed by atoms with Crippen molar-refractivity contribution in [2.75, 3.05) is 13.2 Å². The van der Waals surface area contributed by atoms with Gasteiger partial charge < -0.3 is 24.3 Å². The van der Waals surface area contributed by atoms with Crippen molar-refractivity contribution in [2.45, 2.75) is 59.9 Å². The molecule has 1 heterocycles. The summed E-state index contributed by atoms with van der Waals surface area (Å²) in [4.78, 5) is 23.1. The standard InChI is InChI=1S/C37H41NO6/c1-24-22-25(2)36(26(3)23-24)44-21-7-6-20-43-31-18-15-29(16-19-31)14-17-30-10-8-12-33-32(11-9-13-34(39)40)27(4)38(35(30)33)28(5)37(41)42/h6-8,10,12,14-19,22-23,28H,9,11,13,20-21H2,1-5H3,(H,39,40)(H,41,42)/b7-6+,17-14?. The molecule has 7 nitrogen and oxygen atoms in total. The minimum absolute atomic E-state index is 0.0675. The summed E-state index contributed by atoms with van der Waals surface area (Å²) in [5.41, 5.74) is 8.05. The van der Waals surface area contributed by atoms with Gasteiger partial charge in [-0.05, 0) is 99.6 Å². The minimum Gasteiger partial charge on any atom is -0.490 e. The molecule has 0 saturated heterocycles. The van der Waals surface area contributed by atoms with Gasteiger partial charge in [0, 0.05) is 17.5 Å². The molecule has 0 radical (unpaired) electrons. The van der Waals surface area contributed by atoms with Crippen molar-refractivity contribution >= 4 is 35.0 Å². The number of ether oxygens (including phenoxy) is 2. The van der Waals surface area contributed by atoms with Gasteiger partial charge in [0.15, 0.2) is 0 Å². The normalized spacial score (nSPS) is 12.3. The lowest BCUT2D eigenvalue weighted by Gasteiger charge is -2.15. The van der Waals surface area contributed by atoms with Gasteiger partial charge in [-0.15, -0.1) is 0 Å². The number of hydrogen-bond donors (Lipinski definition) is 2. The van der Waals surface area contributed by atoms with Gasteiger partial charge in [0.1, 0.15) is 30.8 Å². The monoisotopic (exact) mass is 595 g/mol. The van der Waals surface area contributed by atoms with Crippen molar-refractivity contribution in [1.82, 2.24) is 4.57 Å². The average molecular weight is 596 g/mol. The van der Waals surface area contributed by atoms with Crippen LogP contribution in [0.4, 0.5) is 0 Å². The summed E-state index contributed by atoms with van der Waals surface area (Å²) < 4.78 is 13.7. The number of aryl methyl sites for hydroxylation is 4. The molecule has 4 rings (SSSR count). The van der Waals surface area contributed by atoms with Crippen LogP contribution < -0.4 is 9.47 Å². The predicted molar refractivity (Wildman–Crippen MR) is 176 cm³/mol. The molecular weight excluding hydrogens is 554 g/mol. The van der Waals surface area contributed by atoms with Crippen molar-refractivity contribution in [3.05, 3.63) is 106 Å². The lowest BCUT2D eigenvalue weighted by molar-refractivity contribution is -0.140. The maximum atomic E-state index is 12.0. The van der Waals surface area contributed by atoms with Gasteiger partial charge in [0.05, 0.1) is 5.52 Å². The number of hydrogen-bond acceptors (Lipinski definition) is 4. The SMILES string of the molecule is Cc1cc(C)c(OC/C=C/COc2ccc(C=Cc3cccc4c(CCCC(=O)O)c(C)n(C(C)C(=O)O)c34)cc2)c(C)c1. The zero-order valence-electron chi connectivity index (χ0n) is 26.1. The molecule has 1 aromatic heterocycles. The first kappa shape index (κ1) is 32.1. The fraction of sp³-hybridized carbons (Fsp3) is 0.297. The average Bonchev–Trinajstić information content (AvgIpc) is 3.26. The van der Waals surface area contributed by atoms with Gasteiger partial charge >= 0.3 is 11.9 Å². The topological polar surface area (TPSA) is 98.0 Å². The molecule has 1 unspecified atom stereocenters. The molecule has 0 aliphatic rings. The number of para-hydroxylation sites is 1. The van der Waals surface area contributed by atoms with Gasteiger partial charge in [0.2, 0.25) is 0 Å². The maximum Gasteiger partial charge on any atom is 0.326 e. The highest BCUT2D eigenvalue weighted by Crippen LogP contribution is 2.34. The first-order chi connectivity index (χ1) is 21.1. The van der Waals surface area contributed by atoms with Crippen molar-refractivity contribution in [1.29, 1.82) is 0 Å². The largest absolute Gasteiger partial charge is 0.490 e. The van der Waals surface area contributed by atoms with Crippen LogP contribution >= 0.6 is 0 Å². The molecule has 3 aromatic carbocycles. The number of carboxylic acid groups (broad SMARTS) is 2. The molecule has 44 heavy (non-hydrogen) atoms. The molecule has 0 saturated carbocycles. The van der Waals surface area contributed by atoms with E-state index in [1.165, 1.54) is 5.56 Å². The van der Waals surface area contributed by atoms with Gasteiger partial charge in [-0.3, -0.25) is 4.79 Å². The van der Waals surface area contributed by atoms with Crippen LogP contribution in [0.3, 0.4) is 0 Å². The third-order valence-electron chi connectivity index (χ3n) is 7.77. The molecule has 2 N–H and O–H groups in total. The number of aromatic nitrogens is 1. The van der Waals surface area contributed by atoms with E-state index < -0.39 is 18.0 Å². The summed E-state index contributed by atoms with van der Waals surface area (Å²) in [6.07, 6.45) is 9.00. The number of aliphatic carboxylic acids is 2. The quantitative estimate of drug-likeness (QED) is 0.113. The minimum atomic E-state index is -0.921. The molecule has 230 valence electrons. The Morgan fingerprint density at radius 1 is 0.886 bits per heavy atom. The first-order valence-corrected chi connectivity index (χ1v) is 14.9. The summed E-state index contributed by atoms with van der Waals surface area (Å²) in [6, 6.07) is 17.2. The second-order valence-electron chi connectivity index (χ2n) is 11.2. The highest BCUT2D eigenvalue weighted by atomic mass is 16.5. The van der Waals surface area contributed by atoms with E-state index in [4.69, 9.17) is 14.6 Å². The van der Waals surface area contributed by atoms with Crippen LogP contribution in [0.2, 0.25) is 0 Å². The molecule has 0 spiro atoms. The lowest BCUT2D eigenvalue weighted by atomic mass is 10.0. The summed E-state index contributed by atoms with van der Waals surface area (Å²) in [6.45, 7) is 10.7. The van der Waals surface area contributed by atoms with Crippen molar-refractivity contribution in [3.8, 4) is 11.5 Å². The number of benzene rings is 3. The molecule has 7 heteroatoms. The molecule has 0 amide bonds. The smallest absolute Gasteiger partial charge is 0.326 e. The zero-order chi connectivity index (χ0) is 31.8. The highest BCUT2D eigenvalue weighted by Gasteiger charge is 2.23. The van der Waals surface area contributed by atoms with E-state index in [-0.39, 0.29) is 6.42 Å². The number of carboxylic acids is 2. The summed E-state index contributed by atoms with van der Waals surface area (Å²) in [5.74, 6) is -0.0755. The molecule has 4 aromatic rings. The van der Waals surface area contributed by atoms with Gasteiger partial charge in [-0.1, -0.05) is 60.2 Å². The Bertz CT molecular complexity index is 1670. The second kappa shape index (κ2) is 14.6. The van der Waals surface area contributed by atoms with Gasteiger partial charge in [0.25, 0.3) is 0 Å². The van der Waals surface area contributed by atoms with E-state index in [1.807, 2.05) is 78.3 Å². The Balaban J connectivity index is 1.43. The Morgan fingerprint density at radius 2 is 1.55 bits per heavy atom. The second-order valence-corrected chi connectivity index (χ2v) is 11.2. The van der Waals surface area contributed by atoms with Crippen LogP contribution in [-0.4, -0.2) is 39.9 Å². The molecule has 0 aliphatic carbocycles. The Hall–Kier alpha value is -4.78. The fourth-order valence-electron chi connectivity index (χ4n) is 5.71. The molecular formula is C37H41NO6. The summed E-state index contributed by atoms with van der Waals surface area (Å²) in [7, 11) is 0. The first-order valence-electron chi connectivity index (χ1n) is 14.9. The van der Waals surface area contributed by atoms with Crippen LogP contribution in [0.5, 0.6) is 11.5 Å². The Morgan fingerprint density at radius 3 is 2.18 bits per heavy atom. The maximum absolute atomic E-state index is 12.0. The lowest BCUT2D eigenvalue weighted by Crippen LogP contribution is -2.17. The van der Waals surface area contributed by atoms with E-state index in [9.17, 15) is 14.7 Å². The van der Waals surface area contributed by atoms with Crippen molar-refractivity contribution in [2.24, 2.45) is 0 Å². The van der Waals surface area contributed by atoms with E-state index in [0.29, 0.717) is 26.1 Å². The zero-order valence-corrected chi connectivity index (χ0v) is 26.1. The molecule has 0 fully saturated rings. The van der Waals surface area contributed by atoms with Crippen LogP contribution in [0.25, 0.3) is 23.1 Å². The Labute approximate surface area is 259 Å². The van der Waals surface area contributed by atoms with Crippen LogP contribution in [0, 0.1) is 27.7 Å². The van der Waals surface area contributed by atoms with E-state index in [1.54, 1.807) is 6.92 Å². The summed E-state index contributed by atoms with van der Waals surface area (Å²) in [5, 5.41) is 19.9. The molecule has 0 aliphatic heterocycles. The predicted octanol–water partition coefficient (Wildman–Crippen LogP) is 8.11. The number of carbonyl (C=O) groups is 2. The number of nitrogens with zero attached hydrogens (tertiary/aromatic N) is 1. The van der Waals surface area contributed by atoms with Gasteiger partial charge in [-0.2, -0.15) is 0 Å². The van der Waals surface area contributed by atoms with Crippen LogP contribution in [0.15, 0.2) is 66.7 Å². The fourth-order valence-corrected chi connectivity index (χ4v) is 5.71. The number of rotatable bonds is 14. The van der Waals surface area contributed by atoms with Crippen molar-refractivity contribution in [3.63, 3.8) is 0 Å². The Kier molecular flexibility index (Phi) is 10.7. The van der Waals surface area contributed by atoms with E-state index in [0.717, 1.165) is 55.9 Å². The molecule has 1 atom stereocenters. The third-order valence-corrected chi connectivity index (χ3v) is 7.77. The van der Waals surface area contributed by atoms with E-state index in [2.05, 4.69) is 32.9 Å². The summed E-state index contributed by atoms with van der Waals surface area (Å²) >= 11 is 0. The van der Waals surface area contributed by atoms with Gasteiger partial charge in [-0.25, -0.2) is 4.79 Å².